The van der Waals surface area contributed by atoms with Crippen LogP contribution in [0.4, 0.5) is 0 Å². The molecule has 3 nitrogen and oxygen atoms in total. The van der Waals surface area contributed by atoms with Crippen LogP contribution in [0, 0.1) is 0 Å². The van der Waals surface area contributed by atoms with Crippen LogP contribution in [0.3, 0.4) is 0 Å². The Morgan fingerprint density at radius 2 is 2.38 bits per heavy atom. The van der Waals surface area contributed by atoms with Gasteiger partial charge in [-0.05, 0) is 25.5 Å². The van der Waals surface area contributed by atoms with Gasteiger partial charge in [0.15, 0.2) is 0 Å². The zero-order valence-corrected chi connectivity index (χ0v) is 8.84. The van der Waals surface area contributed by atoms with Crippen LogP contribution in [0.25, 0.3) is 0 Å². The van der Waals surface area contributed by atoms with E-state index in [1.807, 2.05) is 25.0 Å². The number of nitrogens with one attached hydrogen (secondary N) is 1. The first-order valence-electron chi connectivity index (χ1n) is 4.30. The third kappa shape index (κ3) is 3.32. The van der Waals surface area contributed by atoms with Gasteiger partial charge in [0.05, 0.1) is 11.7 Å². The van der Waals surface area contributed by atoms with Crippen molar-refractivity contribution in [2.45, 2.75) is 12.5 Å². The zero-order chi connectivity index (χ0) is 9.52. The van der Waals surface area contributed by atoms with E-state index in [2.05, 4.69) is 21.5 Å². The Hall–Kier alpha value is -0.610. The lowest BCUT2D eigenvalue weighted by molar-refractivity contribution is 0.563. The summed E-state index contributed by atoms with van der Waals surface area (Å²) in [6.07, 6.45) is 8.46. The summed E-state index contributed by atoms with van der Waals surface area (Å²) in [6.45, 7) is 0. The topological polar surface area (TPSA) is 37.8 Å². The van der Waals surface area contributed by atoms with Gasteiger partial charge in [-0.2, -0.15) is 11.8 Å². The lowest BCUT2D eigenvalue weighted by atomic mass is 10.2. The van der Waals surface area contributed by atoms with Gasteiger partial charge >= 0.3 is 0 Å². The van der Waals surface area contributed by atoms with Crippen LogP contribution < -0.4 is 5.32 Å². The Bertz CT molecular complexity index is 228. The van der Waals surface area contributed by atoms with E-state index >= 15 is 0 Å². The van der Waals surface area contributed by atoms with Gasteiger partial charge in [-0.1, -0.05) is 0 Å². The molecule has 0 aliphatic rings. The fraction of sp³-hybridized carbons (Fsp3) is 0.556. The molecule has 0 saturated heterocycles. The van der Waals surface area contributed by atoms with Crippen LogP contribution in [0.5, 0.6) is 0 Å². The predicted octanol–water partition coefficient (Wildman–Crippen LogP) is 1.49. The van der Waals surface area contributed by atoms with Crippen molar-refractivity contribution >= 4 is 11.8 Å². The molecule has 4 heteroatoms. The summed E-state index contributed by atoms with van der Waals surface area (Å²) in [6, 6.07) is 0.334. The second kappa shape index (κ2) is 5.94. The van der Waals surface area contributed by atoms with Crippen LogP contribution >= 0.6 is 11.8 Å². The average Bonchev–Trinajstić information content (AvgIpc) is 2.21. The maximum Gasteiger partial charge on any atom is 0.0756 e. The highest BCUT2D eigenvalue weighted by atomic mass is 32.2. The van der Waals surface area contributed by atoms with Gasteiger partial charge in [0.1, 0.15) is 0 Å². The normalized spacial score (nSPS) is 12.8. The molecule has 1 rings (SSSR count). The van der Waals surface area contributed by atoms with Crippen molar-refractivity contribution in [3.63, 3.8) is 0 Å². The Morgan fingerprint density at radius 3 is 2.92 bits per heavy atom. The molecule has 0 spiro atoms. The van der Waals surface area contributed by atoms with Gasteiger partial charge in [0.25, 0.3) is 0 Å². The molecule has 1 aromatic heterocycles. The molecule has 0 bridgehead atoms. The average molecular weight is 197 g/mol. The van der Waals surface area contributed by atoms with Gasteiger partial charge in [-0.25, -0.2) is 0 Å². The SMILES string of the molecule is CNC(CCSC)c1cnccn1. The molecule has 13 heavy (non-hydrogen) atoms. The summed E-state index contributed by atoms with van der Waals surface area (Å²) in [5.41, 5.74) is 1.03. The highest BCUT2D eigenvalue weighted by Gasteiger charge is 2.08. The summed E-state index contributed by atoms with van der Waals surface area (Å²) in [5.74, 6) is 1.14. The predicted molar refractivity (Wildman–Crippen MR) is 56.8 cm³/mol. The Morgan fingerprint density at radius 1 is 1.54 bits per heavy atom. The number of hydrogen-bond acceptors (Lipinski definition) is 4. The van der Waals surface area contributed by atoms with E-state index in [1.54, 1.807) is 12.4 Å². The summed E-state index contributed by atoms with van der Waals surface area (Å²) in [7, 11) is 1.96. The first-order chi connectivity index (χ1) is 6.38. The van der Waals surface area contributed by atoms with Gasteiger partial charge in [0.2, 0.25) is 0 Å². The Labute approximate surface area is 83.4 Å². The second-order valence-corrected chi connectivity index (χ2v) is 3.74. The minimum atomic E-state index is 0.334. The molecule has 1 aromatic rings. The molecule has 1 unspecified atom stereocenters. The molecule has 0 radical (unpaired) electrons. The van der Waals surface area contributed by atoms with E-state index in [0.717, 1.165) is 17.9 Å². The molecule has 0 amide bonds. The minimum absolute atomic E-state index is 0.334. The molecule has 0 aromatic carbocycles. The van der Waals surface area contributed by atoms with E-state index in [0.29, 0.717) is 6.04 Å². The van der Waals surface area contributed by atoms with Gasteiger partial charge < -0.3 is 5.32 Å². The first kappa shape index (κ1) is 10.5. The summed E-state index contributed by atoms with van der Waals surface area (Å²) >= 11 is 1.85. The van der Waals surface area contributed by atoms with Crippen molar-refractivity contribution in [3.05, 3.63) is 24.3 Å². The highest BCUT2D eigenvalue weighted by molar-refractivity contribution is 7.98. The Balaban J connectivity index is 2.56. The molecule has 72 valence electrons. The van der Waals surface area contributed by atoms with Crippen LogP contribution in [0.1, 0.15) is 18.2 Å². The monoisotopic (exact) mass is 197 g/mol. The zero-order valence-electron chi connectivity index (χ0n) is 8.03. The molecular weight excluding hydrogens is 182 g/mol. The fourth-order valence-electron chi connectivity index (χ4n) is 1.17. The molecule has 1 N–H and O–H groups in total. The number of hydrogen-bond donors (Lipinski definition) is 1. The van der Waals surface area contributed by atoms with Crippen LogP contribution in [-0.4, -0.2) is 29.0 Å². The fourth-order valence-corrected chi connectivity index (χ4v) is 1.64. The number of aromatic nitrogens is 2. The lowest BCUT2D eigenvalue weighted by Crippen LogP contribution is -2.18. The van der Waals surface area contributed by atoms with Gasteiger partial charge in [-0.15, -0.1) is 0 Å². The highest BCUT2D eigenvalue weighted by Crippen LogP contribution is 2.14. The number of thioether (sulfide) groups is 1. The lowest BCUT2D eigenvalue weighted by Gasteiger charge is -2.13. The van der Waals surface area contributed by atoms with Crippen molar-refractivity contribution in [1.29, 1.82) is 0 Å². The second-order valence-electron chi connectivity index (χ2n) is 2.75. The maximum atomic E-state index is 4.27. The largest absolute Gasteiger partial charge is 0.312 e. The quantitative estimate of drug-likeness (QED) is 0.776. The summed E-state index contributed by atoms with van der Waals surface area (Å²) in [4.78, 5) is 8.32. The van der Waals surface area contributed by atoms with Gasteiger partial charge in [-0.3, -0.25) is 9.97 Å². The number of nitrogens with zero attached hydrogens (tertiary/aromatic N) is 2. The minimum Gasteiger partial charge on any atom is -0.312 e. The van der Waals surface area contributed by atoms with E-state index in [-0.39, 0.29) is 0 Å². The molecular formula is C9H15N3S. The van der Waals surface area contributed by atoms with Crippen LogP contribution in [0.15, 0.2) is 18.6 Å². The van der Waals surface area contributed by atoms with Crippen LogP contribution in [-0.2, 0) is 0 Å². The summed E-state index contributed by atoms with van der Waals surface area (Å²) < 4.78 is 0. The van der Waals surface area contributed by atoms with Crippen molar-refractivity contribution < 1.29 is 0 Å². The van der Waals surface area contributed by atoms with Gasteiger partial charge in [0, 0.05) is 18.6 Å². The van der Waals surface area contributed by atoms with E-state index < -0.39 is 0 Å². The van der Waals surface area contributed by atoms with Crippen LogP contribution in [0.2, 0.25) is 0 Å². The molecule has 0 aliphatic carbocycles. The van der Waals surface area contributed by atoms with E-state index in [9.17, 15) is 0 Å². The third-order valence-electron chi connectivity index (χ3n) is 1.90. The van der Waals surface area contributed by atoms with Crippen molar-refractivity contribution in [2.24, 2.45) is 0 Å². The first-order valence-corrected chi connectivity index (χ1v) is 5.70. The smallest absolute Gasteiger partial charge is 0.0756 e. The molecule has 1 heterocycles. The van der Waals surface area contributed by atoms with Crippen molar-refractivity contribution in [3.8, 4) is 0 Å². The summed E-state index contributed by atoms with van der Waals surface area (Å²) in [5, 5.41) is 3.24. The maximum absolute atomic E-state index is 4.27. The van der Waals surface area contributed by atoms with Crippen molar-refractivity contribution in [2.75, 3.05) is 19.1 Å². The van der Waals surface area contributed by atoms with Crippen molar-refractivity contribution in [1.82, 2.24) is 15.3 Å². The standard InChI is InChI=1S/C9H15N3S/c1-10-8(3-6-13-2)9-7-11-4-5-12-9/h4-5,7-8,10H,3,6H2,1-2H3. The molecule has 1 atom stereocenters. The van der Waals surface area contributed by atoms with E-state index in [4.69, 9.17) is 0 Å². The molecule has 0 saturated carbocycles. The third-order valence-corrected chi connectivity index (χ3v) is 2.54. The molecule has 0 fully saturated rings. The van der Waals surface area contributed by atoms with E-state index in [1.165, 1.54) is 0 Å². The molecule has 0 aliphatic heterocycles. The Kier molecular flexibility index (Phi) is 4.78. The number of rotatable bonds is 5.